The Kier molecular flexibility index (Phi) is 8.29. The summed E-state index contributed by atoms with van der Waals surface area (Å²) in [5, 5.41) is 2.32. The van der Waals surface area contributed by atoms with Crippen molar-refractivity contribution in [1.29, 1.82) is 0 Å². The molecule has 0 saturated heterocycles. The molecule has 8 aromatic carbocycles. The lowest BCUT2D eigenvalue weighted by Gasteiger charge is -2.13. The quantitative estimate of drug-likeness (QED) is 0.166. The van der Waals surface area contributed by atoms with Crippen molar-refractivity contribution in [3.63, 3.8) is 0 Å². The average Bonchev–Trinajstić information content (AvgIpc) is 3.24. The number of hydrogen-bond acceptors (Lipinski definition) is 1. The Morgan fingerprint density at radius 3 is 1.17 bits per heavy atom. The molecule has 9 rings (SSSR count). The highest BCUT2D eigenvalue weighted by Gasteiger charge is 2.13. The van der Waals surface area contributed by atoms with Crippen molar-refractivity contribution >= 4 is 10.8 Å². The van der Waals surface area contributed by atoms with Gasteiger partial charge < -0.3 is 0 Å². The Labute approximate surface area is 305 Å². The minimum atomic E-state index is 0.960. The summed E-state index contributed by atoms with van der Waals surface area (Å²) in [6.45, 7) is 0. The Hall–Kier alpha value is -6.83. The standard InChI is InChI=1S/C51H35N/c1-4-14-36(15-5-1)39-26-28-40(29-27-39)51-49-25-11-10-20-44(49)35-50(52-51)45-24-13-22-42(31-45)41-21-12-23-43(30-41)48-33-46(37-16-6-2-7-17-37)32-47(34-48)38-18-8-3-9-19-38/h1-35H. The van der Waals surface area contributed by atoms with Crippen LogP contribution < -0.4 is 0 Å². The first-order valence-electron chi connectivity index (χ1n) is 17.8. The molecule has 0 atom stereocenters. The van der Waals surface area contributed by atoms with Crippen LogP contribution in [0.25, 0.3) is 88.9 Å². The van der Waals surface area contributed by atoms with Crippen LogP contribution in [0.5, 0.6) is 0 Å². The Morgan fingerprint density at radius 1 is 0.231 bits per heavy atom. The van der Waals surface area contributed by atoms with Gasteiger partial charge in [-0.15, -0.1) is 0 Å². The second-order valence-corrected chi connectivity index (χ2v) is 13.2. The van der Waals surface area contributed by atoms with E-state index in [-0.39, 0.29) is 0 Å². The van der Waals surface area contributed by atoms with Crippen molar-refractivity contribution in [3.05, 3.63) is 212 Å². The molecule has 0 radical (unpaired) electrons. The van der Waals surface area contributed by atoms with E-state index in [1.165, 1.54) is 55.5 Å². The Morgan fingerprint density at radius 2 is 0.596 bits per heavy atom. The predicted octanol–water partition coefficient (Wildman–Crippen LogP) is 13.9. The second-order valence-electron chi connectivity index (χ2n) is 13.2. The average molecular weight is 662 g/mol. The summed E-state index contributed by atoms with van der Waals surface area (Å²) in [5.41, 5.74) is 16.1. The van der Waals surface area contributed by atoms with Crippen LogP contribution in [0, 0.1) is 0 Å². The predicted molar refractivity (Wildman–Crippen MR) is 220 cm³/mol. The third kappa shape index (κ3) is 6.33. The number of nitrogens with zero attached hydrogens (tertiary/aromatic N) is 1. The SMILES string of the molecule is c1ccc(-c2ccc(-c3nc(-c4cccc(-c5cccc(-c6cc(-c7ccccc7)cc(-c7ccccc7)c6)c5)c4)cc4ccccc34)cc2)cc1. The molecule has 0 unspecified atom stereocenters. The molecule has 0 fully saturated rings. The maximum absolute atomic E-state index is 5.32. The number of benzene rings is 8. The molecule has 244 valence electrons. The lowest BCUT2D eigenvalue weighted by Crippen LogP contribution is -1.92. The second kappa shape index (κ2) is 13.8. The zero-order valence-electron chi connectivity index (χ0n) is 28.7. The first kappa shape index (κ1) is 31.2. The van der Waals surface area contributed by atoms with Crippen molar-refractivity contribution in [2.45, 2.75) is 0 Å². The molecule has 0 aliphatic heterocycles. The molecule has 0 N–H and O–H groups in total. The molecule has 52 heavy (non-hydrogen) atoms. The van der Waals surface area contributed by atoms with E-state index in [9.17, 15) is 0 Å². The van der Waals surface area contributed by atoms with Gasteiger partial charge in [0.2, 0.25) is 0 Å². The molecular weight excluding hydrogens is 627 g/mol. The van der Waals surface area contributed by atoms with Crippen molar-refractivity contribution in [2.75, 3.05) is 0 Å². The van der Waals surface area contributed by atoms with Gasteiger partial charge in [0, 0.05) is 16.5 Å². The van der Waals surface area contributed by atoms with Gasteiger partial charge in [-0.25, -0.2) is 4.98 Å². The monoisotopic (exact) mass is 661 g/mol. The zero-order valence-corrected chi connectivity index (χ0v) is 28.7. The van der Waals surface area contributed by atoms with Gasteiger partial charge in [-0.05, 0) is 97.4 Å². The first-order chi connectivity index (χ1) is 25.7. The lowest BCUT2D eigenvalue weighted by atomic mass is 9.92. The van der Waals surface area contributed by atoms with Gasteiger partial charge in [0.15, 0.2) is 0 Å². The van der Waals surface area contributed by atoms with Gasteiger partial charge in [0.25, 0.3) is 0 Å². The molecule has 0 bridgehead atoms. The summed E-state index contributed by atoms with van der Waals surface area (Å²) in [6.07, 6.45) is 0. The fourth-order valence-corrected chi connectivity index (χ4v) is 7.14. The van der Waals surface area contributed by atoms with Crippen LogP contribution in [0.15, 0.2) is 212 Å². The van der Waals surface area contributed by atoms with Crippen LogP contribution in [0.4, 0.5) is 0 Å². The summed E-state index contributed by atoms with van der Waals surface area (Å²) in [6, 6.07) is 75.9. The van der Waals surface area contributed by atoms with Crippen molar-refractivity contribution < 1.29 is 0 Å². The van der Waals surface area contributed by atoms with E-state index in [0.717, 1.165) is 33.5 Å². The van der Waals surface area contributed by atoms with Crippen LogP contribution in [0.1, 0.15) is 0 Å². The Bertz CT molecular complexity index is 2580. The number of pyridine rings is 1. The molecule has 0 aliphatic carbocycles. The molecule has 1 heteroatoms. The van der Waals surface area contributed by atoms with Gasteiger partial charge in [0.1, 0.15) is 0 Å². The van der Waals surface area contributed by atoms with Gasteiger partial charge >= 0.3 is 0 Å². The summed E-state index contributed by atoms with van der Waals surface area (Å²) in [7, 11) is 0. The number of aromatic nitrogens is 1. The van der Waals surface area contributed by atoms with Crippen molar-refractivity contribution in [1.82, 2.24) is 4.98 Å². The lowest BCUT2D eigenvalue weighted by molar-refractivity contribution is 1.35. The maximum atomic E-state index is 5.32. The minimum absolute atomic E-state index is 0.960. The van der Waals surface area contributed by atoms with E-state index in [1.54, 1.807) is 0 Å². The van der Waals surface area contributed by atoms with Crippen LogP contribution in [0.3, 0.4) is 0 Å². The highest BCUT2D eigenvalue weighted by molar-refractivity contribution is 5.97. The molecule has 1 nitrogen and oxygen atoms in total. The highest BCUT2D eigenvalue weighted by atomic mass is 14.7. The largest absolute Gasteiger partial charge is 0.247 e. The molecule has 1 heterocycles. The van der Waals surface area contributed by atoms with E-state index in [0.29, 0.717) is 0 Å². The number of rotatable bonds is 7. The molecule has 0 amide bonds. The summed E-state index contributed by atoms with van der Waals surface area (Å²) in [4.78, 5) is 5.32. The zero-order chi connectivity index (χ0) is 34.7. The molecule has 0 aliphatic rings. The summed E-state index contributed by atoms with van der Waals surface area (Å²) in [5.74, 6) is 0. The highest BCUT2D eigenvalue weighted by Crippen LogP contribution is 2.37. The third-order valence-electron chi connectivity index (χ3n) is 9.84. The third-order valence-corrected chi connectivity index (χ3v) is 9.84. The van der Waals surface area contributed by atoms with Gasteiger partial charge in [-0.1, -0.05) is 176 Å². The fraction of sp³-hybridized carbons (Fsp3) is 0. The van der Waals surface area contributed by atoms with E-state index in [4.69, 9.17) is 4.98 Å². The maximum Gasteiger partial charge on any atom is 0.0787 e. The first-order valence-corrected chi connectivity index (χ1v) is 17.8. The Balaban J connectivity index is 1.10. The smallest absolute Gasteiger partial charge is 0.0787 e. The summed E-state index contributed by atoms with van der Waals surface area (Å²) < 4.78 is 0. The van der Waals surface area contributed by atoms with Gasteiger partial charge in [-0.2, -0.15) is 0 Å². The minimum Gasteiger partial charge on any atom is -0.247 e. The van der Waals surface area contributed by atoms with E-state index < -0.39 is 0 Å². The molecule has 9 aromatic rings. The van der Waals surface area contributed by atoms with E-state index in [2.05, 4.69) is 212 Å². The van der Waals surface area contributed by atoms with Crippen LogP contribution >= 0.6 is 0 Å². The van der Waals surface area contributed by atoms with E-state index >= 15 is 0 Å². The normalized spacial score (nSPS) is 11.1. The van der Waals surface area contributed by atoms with Gasteiger partial charge in [0.05, 0.1) is 11.4 Å². The van der Waals surface area contributed by atoms with Crippen LogP contribution in [-0.4, -0.2) is 4.98 Å². The van der Waals surface area contributed by atoms with Crippen molar-refractivity contribution in [2.24, 2.45) is 0 Å². The van der Waals surface area contributed by atoms with Crippen LogP contribution in [0.2, 0.25) is 0 Å². The number of fused-ring (bicyclic) bond motifs is 1. The van der Waals surface area contributed by atoms with E-state index in [1.807, 2.05) is 0 Å². The van der Waals surface area contributed by atoms with Crippen LogP contribution in [-0.2, 0) is 0 Å². The molecular formula is C51H35N. The summed E-state index contributed by atoms with van der Waals surface area (Å²) >= 11 is 0. The van der Waals surface area contributed by atoms with Crippen molar-refractivity contribution in [3.8, 4) is 78.1 Å². The number of hydrogen-bond donors (Lipinski definition) is 0. The fourth-order valence-electron chi connectivity index (χ4n) is 7.14. The molecule has 0 spiro atoms. The topological polar surface area (TPSA) is 12.9 Å². The molecule has 0 saturated carbocycles. The van der Waals surface area contributed by atoms with Gasteiger partial charge in [-0.3, -0.25) is 0 Å². The molecule has 1 aromatic heterocycles.